The summed E-state index contributed by atoms with van der Waals surface area (Å²) in [5.41, 5.74) is 4.33. The van der Waals surface area contributed by atoms with Crippen molar-refractivity contribution in [1.82, 2.24) is 5.32 Å². The summed E-state index contributed by atoms with van der Waals surface area (Å²) < 4.78 is 0. The van der Waals surface area contributed by atoms with Crippen LogP contribution >= 0.6 is 0 Å². The molecular weight excluding hydrogens is 428 g/mol. The zero-order chi connectivity index (χ0) is 24.4. The molecule has 1 amide bonds. The number of hydrogen-bond donors (Lipinski definition) is 2. The van der Waals surface area contributed by atoms with Gasteiger partial charge in [0.1, 0.15) is 0 Å². The van der Waals surface area contributed by atoms with Crippen LogP contribution in [0.1, 0.15) is 36.1 Å². The molecule has 1 atom stereocenters. The van der Waals surface area contributed by atoms with Crippen molar-refractivity contribution in [3.8, 4) is 0 Å². The number of oxime groups is 1. The largest absolute Gasteiger partial charge is 0.479 e. The summed E-state index contributed by atoms with van der Waals surface area (Å²) in [6, 6.07) is 27.7. The van der Waals surface area contributed by atoms with E-state index < -0.39 is 18.0 Å². The average Bonchev–Trinajstić information content (AvgIpc) is 2.85. The summed E-state index contributed by atoms with van der Waals surface area (Å²) in [5, 5.41) is 15.9. The van der Waals surface area contributed by atoms with Gasteiger partial charge in [-0.2, -0.15) is 0 Å². The molecule has 0 fully saturated rings. The van der Waals surface area contributed by atoms with Gasteiger partial charge in [-0.1, -0.05) is 90.1 Å². The molecule has 6 nitrogen and oxygen atoms in total. The number of nitrogens with zero attached hydrogens (tertiary/aromatic N) is 1. The van der Waals surface area contributed by atoms with Gasteiger partial charge in [-0.15, -0.1) is 0 Å². The standard InChI is InChI=1S/C28H30N2O4/c1-21(30-34-20-27(32)33)28(2,25-11-7-4-8-12-25)18-23-15-13-22(14-16-23)17-26(31)29-19-24-9-5-3-6-10-24/h3-16H,17-20H2,1-2H3,(H,29,31)(H,32,33)/b30-21+. The summed E-state index contributed by atoms with van der Waals surface area (Å²) in [5.74, 6) is -1.09. The summed E-state index contributed by atoms with van der Waals surface area (Å²) in [6.45, 7) is 3.94. The summed E-state index contributed by atoms with van der Waals surface area (Å²) >= 11 is 0. The molecule has 0 radical (unpaired) electrons. The fraction of sp³-hybridized carbons (Fsp3) is 0.250. The molecule has 0 heterocycles. The summed E-state index contributed by atoms with van der Waals surface area (Å²) in [6.07, 6.45) is 0.954. The number of hydrogen-bond acceptors (Lipinski definition) is 4. The number of carboxylic acids is 1. The lowest BCUT2D eigenvalue weighted by molar-refractivity contribution is -0.142. The maximum absolute atomic E-state index is 12.3. The minimum absolute atomic E-state index is 0.0238. The van der Waals surface area contributed by atoms with Crippen LogP contribution in [0.2, 0.25) is 0 Å². The minimum Gasteiger partial charge on any atom is -0.479 e. The third kappa shape index (κ3) is 7.04. The molecule has 34 heavy (non-hydrogen) atoms. The average molecular weight is 459 g/mol. The van der Waals surface area contributed by atoms with Crippen LogP contribution in [0.3, 0.4) is 0 Å². The van der Waals surface area contributed by atoms with Crippen LogP contribution in [0, 0.1) is 0 Å². The zero-order valence-corrected chi connectivity index (χ0v) is 19.5. The third-order valence-electron chi connectivity index (χ3n) is 5.88. The van der Waals surface area contributed by atoms with Crippen molar-refractivity contribution in [2.45, 2.75) is 38.6 Å². The van der Waals surface area contributed by atoms with Gasteiger partial charge < -0.3 is 15.3 Å². The van der Waals surface area contributed by atoms with E-state index in [-0.39, 0.29) is 5.91 Å². The number of carboxylic acid groups (broad SMARTS) is 1. The van der Waals surface area contributed by atoms with Crippen molar-refractivity contribution in [1.29, 1.82) is 0 Å². The maximum Gasteiger partial charge on any atom is 0.344 e. The Hall–Kier alpha value is -3.93. The highest BCUT2D eigenvalue weighted by atomic mass is 16.6. The number of amides is 1. The third-order valence-corrected chi connectivity index (χ3v) is 5.88. The molecule has 0 spiro atoms. The highest BCUT2D eigenvalue weighted by Crippen LogP contribution is 2.30. The highest BCUT2D eigenvalue weighted by Gasteiger charge is 2.31. The van der Waals surface area contributed by atoms with Gasteiger partial charge in [0.25, 0.3) is 0 Å². The van der Waals surface area contributed by atoms with E-state index in [0.29, 0.717) is 25.1 Å². The molecule has 2 N–H and O–H groups in total. The van der Waals surface area contributed by atoms with Crippen molar-refractivity contribution in [3.63, 3.8) is 0 Å². The predicted molar refractivity (Wildman–Crippen MR) is 133 cm³/mol. The Bertz CT molecular complexity index is 1110. The first-order valence-corrected chi connectivity index (χ1v) is 11.2. The molecule has 1 unspecified atom stereocenters. The Kier molecular flexibility index (Phi) is 8.57. The van der Waals surface area contributed by atoms with E-state index in [1.165, 1.54) is 0 Å². The van der Waals surface area contributed by atoms with Gasteiger partial charge in [-0.05, 0) is 42.5 Å². The predicted octanol–water partition coefficient (Wildman–Crippen LogP) is 4.52. The van der Waals surface area contributed by atoms with E-state index in [2.05, 4.69) is 17.4 Å². The molecule has 0 saturated carbocycles. The Balaban J connectivity index is 1.68. The van der Waals surface area contributed by atoms with E-state index in [1.54, 1.807) is 0 Å². The lowest BCUT2D eigenvalue weighted by Crippen LogP contribution is -2.33. The second-order valence-electron chi connectivity index (χ2n) is 8.47. The molecule has 3 rings (SSSR count). The van der Waals surface area contributed by atoms with Crippen LogP contribution in [-0.4, -0.2) is 29.3 Å². The van der Waals surface area contributed by atoms with Gasteiger partial charge in [0.05, 0.1) is 12.1 Å². The molecule has 3 aromatic rings. The van der Waals surface area contributed by atoms with Gasteiger partial charge in [-0.3, -0.25) is 4.79 Å². The van der Waals surface area contributed by atoms with Gasteiger partial charge in [0.15, 0.2) is 0 Å². The van der Waals surface area contributed by atoms with Crippen LogP contribution in [0.5, 0.6) is 0 Å². The Morgan fingerprint density at radius 3 is 2.09 bits per heavy atom. The molecule has 0 saturated heterocycles. The lowest BCUT2D eigenvalue weighted by atomic mass is 9.74. The van der Waals surface area contributed by atoms with Gasteiger partial charge in [0, 0.05) is 12.0 Å². The van der Waals surface area contributed by atoms with Crippen LogP contribution < -0.4 is 5.32 Å². The lowest BCUT2D eigenvalue weighted by Gasteiger charge is -2.30. The topological polar surface area (TPSA) is 88.0 Å². The van der Waals surface area contributed by atoms with E-state index in [4.69, 9.17) is 9.94 Å². The number of carbonyl (C=O) groups excluding carboxylic acids is 1. The first kappa shape index (κ1) is 24.7. The fourth-order valence-corrected chi connectivity index (χ4v) is 3.76. The van der Waals surface area contributed by atoms with Gasteiger partial charge >= 0.3 is 5.97 Å². The fourth-order valence-electron chi connectivity index (χ4n) is 3.76. The van der Waals surface area contributed by atoms with Crippen LogP contribution in [0.25, 0.3) is 0 Å². The van der Waals surface area contributed by atoms with Crippen LogP contribution in [0.4, 0.5) is 0 Å². The number of carbonyl (C=O) groups is 2. The molecule has 0 aliphatic carbocycles. The van der Waals surface area contributed by atoms with Gasteiger partial charge in [0.2, 0.25) is 12.5 Å². The van der Waals surface area contributed by atoms with Crippen LogP contribution in [-0.2, 0) is 39.2 Å². The van der Waals surface area contributed by atoms with E-state index >= 15 is 0 Å². The van der Waals surface area contributed by atoms with E-state index in [1.807, 2.05) is 91.9 Å². The molecule has 176 valence electrons. The first-order valence-electron chi connectivity index (χ1n) is 11.2. The minimum atomic E-state index is -1.07. The van der Waals surface area contributed by atoms with Crippen molar-refractivity contribution in [2.24, 2.45) is 5.16 Å². The van der Waals surface area contributed by atoms with Crippen molar-refractivity contribution in [3.05, 3.63) is 107 Å². The molecular formula is C28H30N2O4. The Morgan fingerprint density at radius 1 is 0.882 bits per heavy atom. The quantitative estimate of drug-likeness (QED) is 0.327. The smallest absolute Gasteiger partial charge is 0.344 e. The molecule has 6 heteroatoms. The maximum atomic E-state index is 12.3. The van der Waals surface area contributed by atoms with E-state index in [9.17, 15) is 9.59 Å². The van der Waals surface area contributed by atoms with Crippen molar-refractivity contribution in [2.75, 3.05) is 6.61 Å². The molecule has 3 aromatic carbocycles. The normalized spacial score (nSPS) is 13.1. The second-order valence-corrected chi connectivity index (χ2v) is 8.47. The SMILES string of the molecule is C/C(=N\OCC(=O)O)C(C)(Cc1ccc(CC(=O)NCc2ccccc2)cc1)c1ccccc1. The van der Waals surface area contributed by atoms with E-state index in [0.717, 1.165) is 22.3 Å². The molecule has 0 aromatic heterocycles. The van der Waals surface area contributed by atoms with Crippen LogP contribution in [0.15, 0.2) is 90.1 Å². The van der Waals surface area contributed by atoms with Crippen molar-refractivity contribution >= 4 is 17.6 Å². The second kappa shape index (κ2) is 11.8. The Labute approximate surface area is 200 Å². The van der Waals surface area contributed by atoms with Crippen molar-refractivity contribution < 1.29 is 19.5 Å². The summed E-state index contributed by atoms with van der Waals surface area (Å²) in [4.78, 5) is 28.2. The monoisotopic (exact) mass is 458 g/mol. The zero-order valence-electron chi connectivity index (χ0n) is 19.5. The highest BCUT2D eigenvalue weighted by molar-refractivity contribution is 5.92. The molecule has 0 bridgehead atoms. The number of rotatable bonds is 11. The molecule has 0 aliphatic rings. The summed E-state index contributed by atoms with van der Waals surface area (Å²) in [7, 11) is 0. The van der Waals surface area contributed by atoms with Gasteiger partial charge in [-0.25, -0.2) is 4.79 Å². The first-order chi connectivity index (χ1) is 16.4. The number of nitrogens with one attached hydrogen (secondary N) is 1. The number of aliphatic carboxylic acids is 1. The number of benzene rings is 3. The molecule has 0 aliphatic heterocycles. The Morgan fingerprint density at radius 2 is 1.47 bits per heavy atom.